The van der Waals surface area contributed by atoms with Crippen LogP contribution in [0.5, 0.6) is 0 Å². The third-order valence-electron chi connectivity index (χ3n) is 3.33. The van der Waals surface area contributed by atoms with Crippen LogP contribution in [-0.2, 0) is 6.54 Å². The van der Waals surface area contributed by atoms with E-state index in [2.05, 4.69) is 15.5 Å². The van der Waals surface area contributed by atoms with E-state index >= 15 is 0 Å². The monoisotopic (exact) mass is 250 g/mol. The van der Waals surface area contributed by atoms with Gasteiger partial charge in [0.15, 0.2) is 0 Å². The fraction of sp³-hybridized carbons (Fsp3) is 0.615. The number of nitrogens with zero attached hydrogens (tertiary/aromatic N) is 2. The van der Waals surface area contributed by atoms with Crippen LogP contribution in [0.2, 0.25) is 0 Å². The molecule has 1 aliphatic heterocycles. The molecule has 0 atom stereocenters. The minimum absolute atomic E-state index is 0.0250. The van der Waals surface area contributed by atoms with Gasteiger partial charge in [-0.25, -0.2) is 0 Å². The SMILES string of the molecule is CCn1cccc1C(=O)NCCN1CCNCC1. The minimum Gasteiger partial charge on any atom is -0.349 e. The highest BCUT2D eigenvalue weighted by Crippen LogP contribution is 2.01. The van der Waals surface area contributed by atoms with Crippen molar-refractivity contribution in [1.82, 2.24) is 20.1 Å². The van der Waals surface area contributed by atoms with Gasteiger partial charge in [-0.1, -0.05) is 0 Å². The van der Waals surface area contributed by atoms with Crippen molar-refractivity contribution in [1.29, 1.82) is 0 Å². The van der Waals surface area contributed by atoms with Gasteiger partial charge in [0.1, 0.15) is 5.69 Å². The van der Waals surface area contributed by atoms with E-state index in [1.807, 2.05) is 29.8 Å². The molecular weight excluding hydrogens is 228 g/mol. The fourth-order valence-corrected chi connectivity index (χ4v) is 2.25. The number of amides is 1. The molecule has 0 unspecified atom stereocenters. The van der Waals surface area contributed by atoms with Crippen molar-refractivity contribution in [3.8, 4) is 0 Å². The second-order valence-electron chi connectivity index (χ2n) is 4.53. The maximum Gasteiger partial charge on any atom is 0.267 e. The summed E-state index contributed by atoms with van der Waals surface area (Å²) >= 11 is 0. The van der Waals surface area contributed by atoms with Gasteiger partial charge in [0.05, 0.1) is 0 Å². The molecule has 0 aromatic carbocycles. The number of carbonyl (C=O) groups excluding carboxylic acids is 1. The predicted octanol–water partition coefficient (Wildman–Crippen LogP) is 0.143. The highest BCUT2D eigenvalue weighted by atomic mass is 16.1. The van der Waals surface area contributed by atoms with E-state index in [0.29, 0.717) is 6.54 Å². The molecule has 1 aliphatic rings. The van der Waals surface area contributed by atoms with Crippen molar-refractivity contribution in [2.24, 2.45) is 0 Å². The van der Waals surface area contributed by atoms with E-state index in [-0.39, 0.29) is 5.91 Å². The Hall–Kier alpha value is -1.33. The lowest BCUT2D eigenvalue weighted by Gasteiger charge is -2.27. The number of hydrogen-bond donors (Lipinski definition) is 2. The Balaban J connectivity index is 1.74. The van der Waals surface area contributed by atoms with E-state index in [1.54, 1.807) is 0 Å². The van der Waals surface area contributed by atoms with Gasteiger partial charge in [0.25, 0.3) is 5.91 Å². The Morgan fingerprint density at radius 1 is 1.44 bits per heavy atom. The molecule has 0 radical (unpaired) electrons. The number of aryl methyl sites for hydroxylation is 1. The van der Waals surface area contributed by atoms with Crippen LogP contribution in [0.4, 0.5) is 0 Å². The van der Waals surface area contributed by atoms with Crippen LogP contribution < -0.4 is 10.6 Å². The third-order valence-corrected chi connectivity index (χ3v) is 3.33. The van der Waals surface area contributed by atoms with Crippen LogP contribution in [0.3, 0.4) is 0 Å². The van der Waals surface area contributed by atoms with E-state index in [4.69, 9.17) is 0 Å². The summed E-state index contributed by atoms with van der Waals surface area (Å²) in [6.07, 6.45) is 1.94. The predicted molar refractivity (Wildman–Crippen MR) is 71.7 cm³/mol. The summed E-state index contributed by atoms with van der Waals surface area (Å²) in [5.41, 5.74) is 0.748. The second-order valence-corrected chi connectivity index (χ2v) is 4.53. The molecule has 1 amide bonds. The average molecular weight is 250 g/mol. The van der Waals surface area contributed by atoms with Crippen molar-refractivity contribution in [2.75, 3.05) is 39.3 Å². The van der Waals surface area contributed by atoms with Gasteiger partial charge in [-0.2, -0.15) is 0 Å². The van der Waals surface area contributed by atoms with Crippen molar-refractivity contribution < 1.29 is 4.79 Å². The van der Waals surface area contributed by atoms with Gasteiger partial charge < -0.3 is 15.2 Å². The largest absolute Gasteiger partial charge is 0.349 e. The van der Waals surface area contributed by atoms with Crippen molar-refractivity contribution in [3.63, 3.8) is 0 Å². The summed E-state index contributed by atoms with van der Waals surface area (Å²) in [4.78, 5) is 14.3. The second kappa shape index (κ2) is 6.56. The first-order valence-electron chi connectivity index (χ1n) is 6.67. The maximum absolute atomic E-state index is 12.0. The molecular formula is C13H22N4O. The number of nitrogens with one attached hydrogen (secondary N) is 2. The van der Waals surface area contributed by atoms with E-state index < -0.39 is 0 Å². The summed E-state index contributed by atoms with van der Waals surface area (Å²) in [5, 5.41) is 6.30. The molecule has 1 aromatic heterocycles. The molecule has 1 aromatic rings. The molecule has 1 saturated heterocycles. The van der Waals surface area contributed by atoms with Crippen molar-refractivity contribution in [3.05, 3.63) is 24.0 Å². The minimum atomic E-state index is 0.0250. The Bertz CT molecular complexity index is 382. The highest BCUT2D eigenvalue weighted by molar-refractivity contribution is 5.92. The van der Waals surface area contributed by atoms with Gasteiger partial charge in [0.2, 0.25) is 0 Å². The number of carbonyl (C=O) groups is 1. The summed E-state index contributed by atoms with van der Waals surface area (Å²) in [6, 6.07) is 3.78. The fourth-order valence-electron chi connectivity index (χ4n) is 2.25. The van der Waals surface area contributed by atoms with Crippen molar-refractivity contribution in [2.45, 2.75) is 13.5 Å². The molecule has 18 heavy (non-hydrogen) atoms. The first-order valence-corrected chi connectivity index (χ1v) is 6.67. The number of aromatic nitrogens is 1. The topological polar surface area (TPSA) is 49.3 Å². The summed E-state index contributed by atoms with van der Waals surface area (Å²) in [5.74, 6) is 0.0250. The molecule has 5 heteroatoms. The van der Waals surface area contributed by atoms with Crippen LogP contribution in [0.1, 0.15) is 17.4 Å². The Kier molecular flexibility index (Phi) is 4.78. The lowest BCUT2D eigenvalue weighted by molar-refractivity contribution is 0.0938. The molecule has 1 fully saturated rings. The molecule has 0 saturated carbocycles. The number of rotatable bonds is 5. The zero-order valence-corrected chi connectivity index (χ0v) is 11.0. The van der Waals surface area contributed by atoms with Crippen LogP contribution in [0, 0.1) is 0 Å². The Morgan fingerprint density at radius 2 is 2.22 bits per heavy atom. The molecule has 0 aliphatic carbocycles. The summed E-state index contributed by atoms with van der Waals surface area (Å²) in [6.45, 7) is 8.75. The lowest BCUT2D eigenvalue weighted by atomic mass is 10.3. The van der Waals surface area contributed by atoms with Crippen LogP contribution >= 0.6 is 0 Å². The summed E-state index contributed by atoms with van der Waals surface area (Å²) < 4.78 is 1.96. The zero-order chi connectivity index (χ0) is 12.8. The zero-order valence-electron chi connectivity index (χ0n) is 11.0. The van der Waals surface area contributed by atoms with E-state index in [1.165, 1.54) is 0 Å². The molecule has 2 N–H and O–H groups in total. The van der Waals surface area contributed by atoms with Crippen LogP contribution in [0.25, 0.3) is 0 Å². The molecule has 0 bridgehead atoms. The van der Waals surface area contributed by atoms with E-state index in [9.17, 15) is 4.79 Å². The highest BCUT2D eigenvalue weighted by Gasteiger charge is 2.11. The average Bonchev–Trinajstić information content (AvgIpc) is 2.88. The van der Waals surface area contributed by atoms with Crippen molar-refractivity contribution >= 4 is 5.91 Å². The quantitative estimate of drug-likeness (QED) is 0.782. The third kappa shape index (κ3) is 3.34. The maximum atomic E-state index is 12.0. The van der Waals surface area contributed by atoms with Gasteiger partial charge in [-0.3, -0.25) is 9.69 Å². The Labute approximate surface area is 108 Å². The van der Waals surface area contributed by atoms with Crippen LogP contribution in [-0.4, -0.2) is 54.6 Å². The lowest BCUT2D eigenvalue weighted by Crippen LogP contribution is -2.46. The van der Waals surface area contributed by atoms with Gasteiger partial charge in [-0.15, -0.1) is 0 Å². The molecule has 100 valence electrons. The Morgan fingerprint density at radius 3 is 2.94 bits per heavy atom. The van der Waals surface area contributed by atoms with E-state index in [0.717, 1.165) is 45.0 Å². The first-order chi connectivity index (χ1) is 8.81. The standard InChI is InChI=1S/C13H22N4O/c1-2-17-8-3-4-12(17)13(18)15-7-11-16-9-5-14-6-10-16/h3-4,8,14H,2,5-7,9-11H2,1H3,(H,15,18). The van der Waals surface area contributed by atoms with Gasteiger partial charge >= 0.3 is 0 Å². The molecule has 5 nitrogen and oxygen atoms in total. The normalized spacial score (nSPS) is 16.7. The summed E-state index contributed by atoms with van der Waals surface area (Å²) in [7, 11) is 0. The number of hydrogen-bond acceptors (Lipinski definition) is 3. The van der Waals surface area contributed by atoms with Crippen LogP contribution in [0.15, 0.2) is 18.3 Å². The first kappa shape index (κ1) is 13.1. The van der Waals surface area contributed by atoms with Gasteiger partial charge in [0, 0.05) is 52.0 Å². The molecule has 0 spiro atoms. The smallest absolute Gasteiger partial charge is 0.267 e. The number of piperazine rings is 1. The molecule has 2 heterocycles. The molecule has 2 rings (SSSR count). The van der Waals surface area contributed by atoms with Gasteiger partial charge in [-0.05, 0) is 19.1 Å².